The molecule has 0 radical (unpaired) electrons. The van der Waals surface area contributed by atoms with Gasteiger partial charge in [0.1, 0.15) is 0 Å². The first-order chi connectivity index (χ1) is 11.1. The predicted octanol–water partition coefficient (Wildman–Crippen LogP) is 2.24. The van der Waals surface area contributed by atoms with Crippen LogP contribution in [0.1, 0.15) is 13.8 Å². The third kappa shape index (κ3) is 3.67. The van der Waals surface area contributed by atoms with Crippen LogP contribution in [0.4, 0.5) is 19.3 Å². The zero-order valence-electron chi connectivity index (χ0n) is 13.7. The van der Waals surface area contributed by atoms with Crippen molar-refractivity contribution in [2.24, 2.45) is 0 Å². The second kappa shape index (κ2) is 7.02. The second-order valence-corrected chi connectivity index (χ2v) is 7.84. The number of sulfone groups is 1. The number of hydrogen-bond donors (Lipinski definition) is 1. The Balaban J connectivity index is 2.16. The molecule has 1 aliphatic rings. The summed E-state index contributed by atoms with van der Waals surface area (Å²) in [4.78, 5) is 15.7. The van der Waals surface area contributed by atoms with Gasteiger partial charge in [-0.3, -0.25) is 4.90 Å². The first-order valence-electron chi connectivity index (χ1n) is 7.54. The van der Waals surface area contributed by atoms with Gasteiger partial charge in [-0.15, -0.1) is 0 Å². The summed E-state index contributed by atoms with van der Waals surface area (Å²) in [5.41, 5.74) is 0.167. The molecular formula is C15H21F2N3O3S. The lowest BCUT2D eigenvalue weighted by molar-refractivity contribution is 0.0796. The van der Waals surface area contributed by atoms with Crippen LogP contribution in [-0.2, 0) is 9.84 Å². The monoisotopic (exact) mass is 361 g/mol. The van der Waals surface area contributed by atoms with Crippen LogP contribution in [0, 0.1) is 0 Å². The normalized spacial score (nSPS) is 22.7. The maximum Gasteiger partial charge on any atom is 0.341 e. The van der Waals surface area contributed by atoms with Crippen molar-refractivity contribution in [3.63, 3.8) is 0 Å². The third-order valence-corrected chi connectivity index (χ3v) is 5.87. The summed E-state index contributed by atoms with van der Waals surface area (Å²) in [5.74, 6) is -3.50. The van der Waals surface area contributed by atoms with Gasteiger partial charge < -0.3 is 10.2 Å². The van der Waals surface area contributed by atoms with Crippen molar-refractivity contribution in [3.05, 3.63) is 24.3 Å². The number of halogens is 2. The van der Waals surface area contributed by atoms with Gasteiger partial charge in [0.05, 0.1) is 4.90 Å². The fourth-order valence-corrected chi connectivity index (χ4v) is 3.40. The van der Waals surface area contributed by atoms with E-state index in [0.717, 1.165) is 18.7 Å². The minimum absolute atomic E-state index is 0.0308. The van der Waals surface area contributed by atoms with E-state index >= 15 is 0 Å². The van der Waals surface area contributed by atoms with Gasteiger partial charge in [-0.05, 0) is 39.1 Å². The van der Waals surface area contributed by atoms with Crippen molar-refractivity contribution in [1.82, 2.24) is 9.80 Å². The topological polar surface area (TPSA) is 69.7 Å². The third-order valence-electron chi connectivity index (χ3n) is 4.49. The number of carbonyl (C=O) groups excluding carboxylic acids is 1. The smallest absolute Gasteiger partial charge is 0.319 e. The number of benzene rings is 1. The molecule has 1 N–H and O–H groups in total. The Morgan fingerprint density at radius 3 is 2.54 bits per heavy atom. The lowest BCUT2D eigenvalue weighted by Crippen LogP contribution is -2.58. The Labute approximate surface area is 140 Å². The average Bonchev–Trinajstić information content (AvgIpc) is 2.52. The highest BCUT2D eigenvalue weighted by Crippen LogP contribution is 2.22. The largest absolute Gasteiger partial charge is 0.341 e. The SMILES string of the molecule is C[C@@H]1[C@@H](C)N(C(=O)Nc2cccc(S(=O)(=O)C(F)F)c2)CCN1C. The first-order valence-corrected chi connectivity index (χ1v) is 9.09. The van der Waals surface area contributed by atoms with E-state index in [4.69, 9.17) is 0 Å². The maximum absolute atomic E-state index is 12.6. The lowest BCUT2D eigenvalue weighted by Gasteiger charge is -2.43. The molecule has 0 spiro atoms. The van der Waals surface area contributed by atoms with Gasteiger partial charge in [-0.25, -0.2) is 13.2 Å². The number of amides is 2. The van der Waals surface area contributed by atoms with Gasteiger partial charge in [0.25, 0.3) is 0 Å². The molecule has 0 unspecified atom stereocenters. The van der Waals surface area contributed by atoms with E-state index in [1.54, 1.807) is 4.90 Å². The highest BCUT2D eigenvalue weighted by Gasteiger charge is 2.32. The summed E-state index contributed by atoms with van der Waals surface area (Å²) in [6.07, 6.45) is 0. The Kier molecular flexibility index (Phi) is 5.44. The van der Waals surface area contributed by atoms with Crippen molar-refractivity contribution in [3.8, 4) is 0 Å². The minimum atomic E-state index is -4.69. The van der Waals surface area contributed by atoms with Crippen LogP contribution < -0.4 is 5.32 Å². The standard InChI is InChI=1S/C15H21F2N3O3S/c1-10-11(2)20(8-7-19(10)3)15(21)18-12-5-4-6-13(9-12)24(22,23)14(16)17/h4-6,9-11,14H,7-8H2,1-3H3,(H,18,21)/t10-,11-/m1/s1. The number of hydrogen-bond acceptors (Lipinski definition) is 4. The molecule has 1 aromatic rings. The number of anilines is 1. The van der Waals surface area contributed by atoms with Crippen LogP contribution >= 0.6 is 0 Å². The van der Waals surface area contributed by atoms with E-state index in [2.05, 4.69) is 10.2 Å². The number of alkyl halides is 2. The molecule has 6 nitrogen and oxygen atoms in total. The van der Waals surface area contributed by atoms with E-state index in [1.165, 1.54) is 12.1 Å². The van der Waals surface area contributed by atoms with Gasteiger partial charge in [0.2, 0.25) is 9.84 Å². The van der Waals surface area contributed by atoms with Crippen molar-refractivity contribution in [2.45, 2.75) is 36.6 Å². The molecule has 1 heterocycles. The van der Waals surface area contributed by atoms with E-state index in [1.807, 2.05) is 20.9 Å². The lowest BCUT2D eigenvalue weighted by atomic mass is 10.1. The van der Waals surface area contributed by atoms with Crippen LogP contribution in [0.2, 0.25) is 0 Å². The van der Waals surface area contributed by atoms with Crippen molar-refractivity contribution < 1.29 is 22.0 Å². The van der Waals surface area contributed by atoms with E-state index in [9.17, 15) is 22.0 Å². The van der Waals surface area contributed by atoms with Gasteiger partial charge in [-0.1, -0.05) is 6.07 Å². The van der Waals surface area contributed by atoms with Crippen molar-refractivity contribution >= 4 is 21.6 Å². The van der Waals surface area contributed by atoms with Crippen LogP contribution in [-0.4, -0.2) is 62.2 Å². The molecule has 1 aromatic carbocycles. The molecule has 2 amide bonds. The number of likely N-dealkylation sites (N-methyl/N-ethyl adjacent to an activating group) is 1. The molecule has 1 saturated heterocycles. The molecule has 1 aliphatic heterocycles. The van der Waals surface area contributed by atoms with Crippen LogP contribution in [0.5, 0.6) is 0 Å². The number of piperazine rings is 1. The Morgan fingerprint density at radius 1 is 1.25 bits per heavy atom. The zero-order chi connectivity index (χ0) is 18.1. The van der Waals surface area contributed by atoms with Crippen LogP contribution in [0.3, 0.4) is 0 Å². The number of rotatable bonds is 3. The highest BCUT2D eigenvalue weighted by atomic mass is 32.2. The molecule has 0 bridgehead atoms. The van der Waals surface area contributed by atoms with E-state index in [0.29, 0.717) is 6.54 Å². The van der Waals surface area contributed by atoms with Crippen molar-refractivity contribution in [2.75, 3.05) is 25.5 Å². The summed E-state index contributed by atoms with van der Waals surface area (Å²) in [6.45, 7) is 5.19. The Hall–Kier alpha value is -1.74. The average molecular weight is 361 g/mol. The summed E-state index contributed by atoms with van der Waals surface area (Å²) in [7, 11) is -2.71. The first kappa shape index (κ1) is 18.6. The second-order valence-electron chi connectivity index (χ2n) is 5.92. The summed E-state index contributed by atoms with van der Waals surface area (Å²) >= 11 is 0. The summed E-state index contributed by atoms with van der Waals surface area (Å²) in [6, 6.07) is 4.68. The molecule has 2 rings (SSSR count). The molecule has 0 aromatic heterocycles. The van der Waals surface area contributed by atoms with Gasteiger partial charge in [0, 0.05) is 30.9 Å². The highest BCUT2D eigenvalue weighted by molar-refractivity contribution is 7.91. The minimum Gasteiger partial charge on any atom is -0.319 e. The molecule has 0 saturated carbocycles. The van der Waals surface area contributed by atoms with Crippen LogP contribution in [0.25, 0.3) is 0 Å². The van der Waals surface area contributed by atoms with Crippen LogP contribution in [0.15, 0.2) is 29.2 Å². The molecule has 1 fully saturated rings. The molecule has 2 atom stereocenters. The molecule has 0 aliphatic carbocycles. The fraction of sp³-hybridized carbons (Fsp3) is 0.533. The molecule has 9 heteroatoms. The summed E-state index contributed by atoms with van der Waals surface area (Å²) < 4.78 is 48.3. The molecule has 134 valence electrons. The molecule has 24 heavy (non-hydrogen) atoms. The number of nitrogens with one attached hydrogen (secondary N) is 1. The number of nitrogens with zero attached hydrogens (tertiary/aromatic N) is 2. The Morgan fingerprint density at radius 2 is 1.92 bits per heavy atom. The molecular weight excluding hydrogens is 340 g/mol. The number of carbonyl (C=O) groups is 1. The zero-order valence-corrected chi connectivity index (χ0v) is 14.6. The van der Waals surface area contributed by atoms with Gasteiger partial charge in [-0.2, -0.15) is 8.78 Å². The number of urea groups is 1. The quantitative estimate of drug-likeness (QED) is 0.896. The maximum atomic E-state index is 12.6. The van der Waals surface area contributed by atoms with Gasteiger partial charge >= 0.3 is 11.8 Å². The summed E-state index contributed by atoms with van der Waals surface area (Å²) in [5, 5.41) is 2.59. The van der Waals surface area contributed by atoms with E-state index in [-0.39, 0.29) is 23.8 Å². The van der Waals surface area contributed by atoms with E-state index < -0.39 is 20.5 Å². The van der Waals surface area contributed by atoms with Gasteiger partial charge in [0.15, 0.2) is 0 Å². The predicted molar refractivity (Wildman–Crippen MR) is 86.9 cm³/mol. The fourth-order valence-electron chi connectivity index (χ4n) is 2.64. The van der Waals surface area contributed by atoms with Crippen molar-refractivity contribution in [1.29, 1.82) is 0 Å². The Bertz CT molecular complexity index is 712.